The lowest BCUT2D eigenvalue weighted by Crippen LogP contribution is -2.14. The van der Waals surface area contributed by atoms with Gasteiger partial charge >= 0.3 is 5.97 Å². The van der Waals surface area contributed by atoms with E-state index < -0.39 is 17.7 Å². The molecule has 20 heavy (non-hydrogen) atoms. The van der Waals surface area contributed by atoms with Gasteiger partial charge in [0, 0.05) is 10.2 Å². The summed E-state index contributed by atoms with van der Waals surface area (Å²) in [7, 11) is 0. The Morgan fingerprint density at radius 3 is 2.30 bits per heavy atom. The Bertz CT molecular complexity index is 650. The third-order valence-corrected chi connectivity index (χ3v) is 3.24. The van der Waals surface area contributed by atoms with Crippen molar-refractivity contribution in [2.75, 3.05) is 5.32 Å². The number of rotatable bonds is 3. The highest BCUT2D eigenvalue weighted by atomic mass is 79.9. The highest BCUT2D eigenvalue weighted by Crippen LogP contribution is 2.21. The van der Waals surface area contributed by atoms with E-state index in [1.165, 1.54) is 36.4 Å². The fraction of sp³-hybridized carbons (Fsp3) is 0. The van der Waals surface area contributed by atoms with E-state index in [0.29, 0.717) is 10.2 Å². The van der Waals surface area contributed by atoms with Gasteiger partial charge in [-0.3, -0.25) is 4.79 Å². The molecule has 2 rings (SSSR count). The van der Waals surface area contributed by atoms with E-state index in [1.54, 1.807) is 6.07 Å². The lowest BCUT2D eigenvalue weighted by Gasteiger charge is -2.08. The number of carbonyl (C=O) groups is 2. The highest BCUT2D eigenvalue weighted by molar-refractivity contribution is 9.10. The van der Waals surface area contributed by atoms with Crippen LogP contribution in [0.4, 0.5) is 10.1 Å². The molecule has 4 nitrogen and oxygen atoms in total. The fourth-order valence-corrected chi connectivity index (χ4v) is 2.13. The van der Waals surface area contributed by atoms with Gasteiger partial charge in [-0.05, 0) is 52.3 Å². The summed E-state index contributed by atoms with van der Waals surface area (Å²) in [6, 6.07) is 9.82. The van der Waals surface area contributed by atoms with Crippen LogP contribution in [-0.2, 0) is 0 Å². The van der Waals surface area contributed by atoms with Crippen LogP contribution in [-0.4, -0.2) is 17.0 Å². The Morgan fingerprint density at radius 1 is 1.10 bits per heavy atom. The number of halogens is 2. The van der Waals surface area contributed by atoms with E-state index in [9.17, 15) is 14.0 Å². The van der Waals surface area contributed by atoms with Gasteiger partial charge in [0.1, 0.15) is 5.82 Å². The summed E-state index contributed by atoms with van der Waals surface area (Å²) in [5.74, 6) is -2.31. The van der Waals surface area contributed by atoms with Crippen molar-refractivity contribution in [1.82, 2.24) is 0 Å². The minimum Gasteiger partial charge on any atom is -0.478 e. The van der Waals surface area contributed by atoms with E-state index in [2.05, 4.69) is 21.2 Å². The van der Waals surface area contributed by atoms with Gasteiger partial charge in [-0.2, -0.15) is 0 Å². The maximum atomic E-state index is 13.6. The molecular weight excluding hydrogens is 329 g/mol. The number of carboxylic acids is 1. The number of carbonyl (C=O) groups excluding carboxylic acids is 1. The molecule has 0 aliphatic carbocycles. The van der Waals surface area contributed by atoms with Gasteiger partial charge in [-0.25, -0.2) is 9.18 Å². The van der Waals surface area contributed by atoms with E-state index in [0.717, 1.165) is 0 Å². The highest BCUT2D eigenvalue weighted by Gasteiger charge is 2.15. The minimum absolute atomic E-state index is 0.102. The molecule has 0 spiro atoms. The summed E-state index contributed by atoms with van der Waals surface area (Å²) < 4.78 is 13.9. The number of hydrogen-bond donors (Lipinski definition) is 2. The van der Waals surface area contributed by atoms with Crippen molar-refractivity contribution in [2.24, 2.45) is 0 Å². The normalized spacial score (nSPS) is 10.1. The monoisotopic (exact) mass is 337 g/mol. The molecule has 2 aromatic rings. The van der Waals surface area contributed by atoms with Crippen molar-refractivity contribution >= 4 is 33.5 Å². The Balaban J connectivity index is 2.21. The molecule has 6 heteroatoms. The van der Waals surface area contributed by atoms with Crippen molar-refractivity contribution in [1.29, 1.82) is 0 Å². The minimum atomic E-state index is -1.06. The van der Waals surface area contributed by atoms with Crippen LogP contribution in [0.3, 0.4) is 0 Å². The lowest BCUT2D eigenvalue weighted by atomic mass is 10.1. The van der Waals surface area contributed by atoms with Gasteiger partial charge in [-0.1, -0.05) is 6.07 Å². The number of carboxylic acid groups (broad SMARTS) is 1. The molecule has 0 saturated heterocycles. The predicted octanol–water partition coefficient (Wildman–Crippen LogP) is 3.54. The molecule has 2 aromatic carbocycles. The summed E-state index contributed by atoms with van der Waals surface area (Å²) >= 11 is 3.11. The van der Waals surface area contributed by atoms with Gasteiger partial charge in [0.05, 0.1) is 11.1 Å². The van der Waals surface area contributed by atoms with Crippen molar-refractivity contribution < 1.29 is 19.1 Å². The second-order valence-corrected chi connectivity index (χ2v) is 4.79. The number of amides is 1. The Labute approximate surface area is 122 Å². The third-order valence-electron chi connectivity index (χ3n) is 2.58. The standard InChI is InChI=1S/C14H9BrFNO3/c15-10-2-1-3-11(16)12(10)13(18)17-9-6-4-8(5-7-9)14(19)20/h1-7H,(H,17,18)(H,19,20). The summed E-state index contributed by atoms with van der Waals surface area (Å²) in [5, 5.41) is 11.3. The zero-order chi connectivity index (χ0) is 14.7. The number of nitrogens with one attached hydrogen (secondary N) is 1. The molecule has 2 N–H and O–H groups in total. The molecule has 0 atom stereocenters. The number of anilines is 1. The summed E-state index contributed by atoms with van der Waals surface area (Å²) in [5.41, 5.74) is 0.389. The smallest absolute Gasteiger partial charge is 0.335 e. The third kappa shape index (κ3) is 3.03. The lowest BCUT2D eigenvalue weighted by molar-refractivity contribution is 0.0696. The second kappa shape index (κ2) is 5.83. The Hall–Kier alpha value is -2.21. The van der Waals surface area contributed by atoms with Crippen molar-refractivity contribution in [3.63, 3.8) is 0 Å². The first-order chi connectivity index (χ1) is 9.49. The molecule has 0 saturated carbocycles. The van der Waals surface area contributed by atoms with Crippen molar-refractivity contribution in [3.8, 4) is 0 Å². The number of benzene rings is 2. The zero-order valence-electron chi connectivity index (χ0n) is 10.1. The summed E-state index contributed by atoms with van der Waals surface area (Å²) in [6.45, 7) is 0. The first-order valence-electron chi connectivity index (χ1n) is 5.58. The molecule has 0 radical (unpaired) electrons. The maximum Gasteiger partial charge on any atom is 0.335 e. The number of aromatic carboxylic acids is 1. The molecule has 0 heterocycles. The van der Waals surface area contributed by atoms with Gasteiger partial charge in [0.15, 0.2) is 0 Å². The summed E-state index contributed by atoms with van der Waals surface area (Å²) in [4.78, 5) is 22.7. The van der Waals surface area contributed by atoms with Crippen LogP contribution >= 0.6 is 15.9 Å². The van der Waals surface area contributed by atoms with Gasteiger partial charge in [0.25, 0.3) is 5.91 Å². The van der Waals surface area contributed by atoms with E-state index >= 15 is 0 Å². The molecule has 1 amide bonds. The van der Waals surface area contributed by atoms with Crippen LogP contribution in [0.25, 0.3) is 0 Å². The molecule has 0 aromatic heterocycles. The molecular formula is C14H9BrFNO3. The predicted molar refractivity (Wildman–Crippen MR) is 75.5 cm³/mol. The average Bonchev–Trinajstić information content (AvgIpc) is 2.39. The van der Waals surface area contributed by atoms with Crippen LogP contribution in [0.5, 0.6) is 0 Å². The van der Waals surface area contributed by atoms with Crippen LogP contribution in [0.1, 0.15) is 20.7 Å². The topological polar surface area (TPSA) is 66.4 Å². The second-order valence-electron chi connectivity index (χ2n) is 3.93. The Kier molecular flexibility index (Phi) is 4.14. The zero-order valence-corrected chi connectivity index (χ0v) is 11.6. The maximum absolute atomic E-state index is 13.6. The summed E-state index contributed by atoms with van der Waals surface area (Å²) in [6.07, 6.45) is 0. The Morgan fingerprint density at radius 2 is 1.75 bits per heavy atom. The first-order valence-corrected chi connectivity index (χ1v) is 6.37. The molecule has 0 fully saturated rings. The van der Waals surface area contributed by atoms with Crippen LogP contribution in [0.15, 0.2) is 46.9 Å². The van der Waals surface area contributed by atoms with Crippen molar-refractivity contribution in [3.05, 3.63) is 63.9 Å². The molecule has 102 valence electrons. The average molecular weight is 338 g/mol. The van der Waals surface area contributed by atoms with Gasteiger partial charge in [0.2, 0.25) is 0 Å². The van der Waals surface area contributed by atoms with Crippen molar-refractivity contribution in [2.45, 2.75) is 0 Å². The van der Waals surface area contributed by atoms with Gasteiger partial charge in [-0.15, -0.1) is 0 Å². The first kappa shape index (κ1) is 14.2. The number of hydrogen-bond acceptors (Lipinski definition) is 2. The SMILES string of the molecule is O=C(O)c1ccc(NC(=O)c2c(F)cccc2Br)cc1. The molecule has 0 unspecified atom stereocenters. The molecule has 0 bridgehead atoms. The van der Waals surface area contributed by atoms with E-state index in [4.69, 9.17) is 5.11 Å². The van der Waals surface area contributed by atoms with Gasteiger partial charge < -0.3 is 10.4 Å². The molecule has 0 aliphatic rings. The van der Waals surface area contributed by atoms with E-state index in [1.807, 2.05) is 0 Å². The van der Waals surface area contributed by atoms with Crippen LogP contribution in [0, 0.1) is 5.82 Å². The molecule has 0 aliphatic heterocycles. The van der Waals surface area contributed by atoms with Crippen LogP contribution in [0.2, 0.25) is 0 Å². The van der Waals surface area contributed by atoms with E-state index in [-0.39, 0.29) is 11.1 Å². The quantitative estimate of drug-likeness (QED) is 0.900. The van der Waals surface area contributed by atoms with Crippen LogP contribution < -0.4 is 5.32 Å². The largest absolute Gasteiger partial charge is 0.478 e. The fourth-order valence-electron chi connectivity index (χ4n) is 1.60.